The topological polar surface area (TPSA) is 93.2 Å². The SMILES string of the molecule is COc1cccc(C(=O)NCCC(=O)Nc2nnc(CC(C)c3ccccc3)s2)c1. The van der Waals surface area contributed by atoms with Gasteiger partial charge < -0.3 is 15.4 Å². The van der Waals surface area contributed by atoms with Crippen LogP contribution in [0.2, 0.25) is 0 Å². The number of hydrogen-bond donors (Lipinski definition) is 2. The number of carbonyl (C=O) groups is 2. The van der Waals surface area contributed by atoms with Gasteiger partial charge in [-0.05, 0) is 29.7 Å². The number of benzene rings is 2. The zero-order valence-electron chi connectivity index (χ0n) is 16.9. The number of ether oxygens (including phenoxy) is 1. The van der Waals surface area contributed by atoms with Crippen LogP contribution in [0, 0.1) is 0 Å². The minimum absolute atomic E-state index is 0.144. The third-order valence-corrected chi connectivity index (χ3v) is 5.39. The molecule has 0 saturated carbocycles. The van der Waals surface area contributed by atoms with Gasteiger partial charge in [0.2, 0.25) is 11.0 Å². The van der Waals surface area contributed by atoms with Gasteiger partial charge in [0.05, 0.1) is 7.11 Å². The highest BCUT2D eigenvalue weighted by Gasteiger charge is 2.13. The Hall–Kier alpha value is -3.26. The van der Waals surface area contributed by atoms with Gasteiger partial charge >= 0.3 is 0 Å². The van der Waals surface area contributed by atoms with E-state index in [1.807, 2.05) is 18.2 Å². The summed E-state index contributed by atoms with van der Waals surface area (Å²) in [7, 11) is 1.54. The lowest BCUT2D eigenvalue weighted by atomic mass is 9.98. The highest BCUT2D eigenvalue weighted by molar-refractivity contribution is 7.15. The van der Waals surface area contributed by atoms with Crippen molar-refractivity contribution in [2.24, 2.45) is 0 Å². The van der Waals surface area contributed by atoms with Crippen molar-refractivity contribution in [3.05, 3.63) is 70.7 Å². The molecule has 7 nitrogen and oxygen atoms in total. The predicted molar refractivity (Wildman–Crippen MR) is 117 cm³/mol. The van der Waals surface area contributed by atoms with Crippen molar-refractivity contribution in [2.45, 2.75) is 25.7 Å². The molecule has 0 aliphatic heterocycles. The monoisotopic (exact) mass is 424 g/mol. The molecule has 0 bridgehead atoms. The Bertz CT molecular complexity index is 991. The smallest absolute Gasteiger partial charge is 0.251 e. The minimum Gasteiger partial charge on any atom is -0.497 e. The molecule has 2 amide bonds. The fourth-order valence-corrected chi connectivity index (χ4v) is 3.77. The summed E-state index contributed by atoms with van der Waals surface area (Å²) in [6.07, 6.45) is 0.902. The highest BCUT2D eigenvalue weighted by Crippen LogP contribution is 2.24. The fraction of sp³-hybridized carbons (Fsp3) is 0.273. The number of rotatable bonds is 9. The van der Waals surface area contributed by atoms with E-state index in [4.69, 9.17) is 4.74 Å². The first-order chi connectivity index (χ1) is 14.5. The fourth-order valence-electron chi connectivity index (χ4n) is 2.89. The molecule has 156 valence electrons. The van der Waals surface area contributed by atoms with Crippen LogP contribution in [0.1, 0.15) is 40.2 Å². The Labute approximate surface area is 179 Å². The molecule has 3 aromatic rings. The molecular formula is C22H24N4O3S. The molecule has 0 aliphatic rings. The largest absolute Gasteiger partial charge is 0.497 e. The van der Waals surface area contributed by atoms with Gasteiger partial charge in [-0.3, -0.25) is 9.59 Å². The van der Waals surface area contributed by atoms with E-state index in [0.717, 1.165) is 11.4 Å². The molecule has 0 fully saturated rings. The molecule has 1 unspecified atom stereocenters. The summed E-state index contributed by atoms with van der Waals surface area (Å²) in [6.45, 7) is 2.36. The Morgan fingerprint density at radius 3 is 2.67 bits per heavy atom. The van der Waals surface area contributed by atoms with Crippen molar-refractivity contribution in [3.63, 3.8) is 0 Å². The second-order valence-electron chi connectivity index (χ2n) is 6.80. The number of amides is 2. The van der Waals surface area contributed by atoms with E-state index in [1.165, 1.54) is 16.9 Å². The van der Waals surface area contributed by atoms with E-state index < -0.39 is 0 Å². The normalized spacial score (nSPS) is 11.5. The van der Waals surface area contributed by atoms with Crippen LogP contribution < -0.4 is 15.4 Å². The van der Waals surface area contributed by atoms with Gasteiger partial charge in [0.25, 0.3) is 5.91 Å². The standard InChI is InChI=1S/C22H24N4O3S/c1-15(16-7-4-3-5-8-16)13-20-25-26-22(30-20)24-19(27)11-12-23-21(28)17-9-6-10-18(14-17)29-2/h3-10,14-15H,11-13H2,1-2H3,(H,23,28)(H,24,26,27). The van der Waals surface area contributed by atoms with Gasteiger partial charge in [-0.15, -0.1) is 10.2 Å². The average Bonchev–Trinajstić information content (AvgIpc) is 3.20. The molecule has 0 spiro atoms. The Morgan fingerprint density at radius 1 is 1.10 bits per heavy atom. The maximum atomic E-state index is 12.2. The molecule has 3 rings (SSSR count). The molecule has 0 aliphatic carbocycles. The van der Waals surface area contributed by atoms with Crippen LogP contribution in [0.3, 0.4) is 0 Å². The van der Waals surface area contributed by atoms with E-state index in [2.05, 4.69) is 39.9 Å². The van der Waals surface area contributed by atoms with E-state index in [9.17, 15) is 9.59 Å². The average molecular weight is 425 g/mol. The predicted octanol–water partition coefficient (Wildman–Crippen LogP) is 3.65. The van der Waals surface area contributed by atoms with Crippen molar-refractivity contribution < 1.29 is 14.3 Å². The van der Waals surface area contributed by atoms with Crippen LogP contribution in [0.5, 0.6) is 5.75 Å². The highest BCUT2D eigenvalue weighted by atomic mass is 32.1. The van der Waals surface area contributed by atoms with Gasteiger partial charge in [0, 0.05) is 24.9 Å². The lowest BCUT2D eigenvalue weighted by molar-refractivity contribution is -0.116. The Balaban J connectivity index is 1.43. The van der Waals surface area contributed by atoms with E-state index in [1.54, 1.807) is 31.4 Å². The van der Waals surface area contributed by atoms with Crippen molar-refractivity contribution >= 4 is 28.3 Å². The van der Waals surface area contributed by atoms with Gasteiger partial charge in [-0.1, -0.05) is 54.7 Å². The second-order valence-corrected chi connectivity index (χ2v) is 7.86. The van der Waals surface area contributed by atoms with Gasteiger partial charge in [0.15, 0.2) is 0 Å². The molecule has 1 aromatic heterocycles. The first-order valence-electron chi connectivity index (χ1n) is 9.64. The minimum atomic E-state index is -0.255. The van der Waals surface area contributed by atoms with E-state index >= 15 is 0 Å². The number of aromatic nitrogens is 2. The first-order valence-corrected chi connectivity index (χ1v) is 10.5. The Morgan fingerprint density at radius 2 is 1.90 bits per heavy atom. The quantitative estimate of drug-likeness (QED) is 0.547. The van der Waals surface area contributed by atoms with Crippen molar-refractivity contribution in [1.29, 1.82) is 0 Å². The molecule has 0 radical (unpaired) electrons. The molecule has 30 heavy (non-hydrogen) atoms. The summed E-state index contributed by atoms with van der Waals surface area (Å²) in [6, 6.07) is 17.1. The second kappa shape index (κ2) is 10.5. The third-order valence-electron chi connectivity index (χ3n) is 4.53. The number of hydrogen-bond acceptors (Lipinski definition) is 6. The van der Waals surface area contributed by atoms with Crippen LogP contribution in [0.25, 0.3) is 0 Å². The van der Waals surface area contributed by atoms with Crippen LogP contribution in [0.15, 0.2) is 54.6 Å². The summed E-state index contributed by atoms with van der Waals surface area (Å²) in [4.78, 5) is 24.3. The van der Waals surface area contributed by atoms with Crippen LogP contribution in [0.4, 0.5) is 5.13 Å². The first kappa shape index (κ1) is 21.4. The van der Waals surface area contributed by atoms with Crippen molar-refractivity contribution in [2.75, 3.05) is 19.0 Å². The number of carbonyl (C=O) groups excluding carboxylic acids is 2. The number of methoxy groups -OCH3 is 1. The Kier molecular flexibility index (Phi) is 7.51. The summed E-state index contributed by atoms with van der Waals surface area (Å²) in [5.41, 5.74) is 1.72. The third kappa shape index (κ3) is 6.12. The van der Waals surface area contributed by atoms with Gasteiger partial charge in [0.1, 0.15) is 10.8 Å². The molecule has 8 heteroatoms. The van der Waals surface area contributed by atoms with E-state index in [0.29, 0.717) is 22.4 Å². The van der Waals surface area contributed by atoms with Crippen LogP contribution in [-0.4, -0.2) is 35.7 Å². The summed E-state index contributed by atoms with van der Waals surface area (Å²) >= 11 is 1.37. The zero-order chi connectivity index (χ0) is 21.3. The molecule has 2 aromatic carbocycles. The number of anilines is 1. The molecular weight excluding hydrogens is 400 g/mol. The van der Waals surface area contributed by atoms with Crippen molar-refractivity contribution in [3.8, 4) is 5.75 Å². The number of nitrogens with one attached hydrogen (secondary N) is 2. The zero-order valence-corrected chi connectivity index (χ0v) is 17.7. The summed E-state index contributed by atoms with van der Waals surface area (Å²) in [5.74, 6) is 0.443. The van der Waals surface area contributed by atoms with E-state index in [-0.39, 0.29) is 24.8 Å². The van der Waals surface area contributed by atoms with Gasteiger partial charge in [-0.2, -0.15) is 0 Å². The van der Waals surface area contributed by atoms with Gasteiger partial charge in [-0.25, -0.2) is 0 Å². The van der Waals surface area contributed by atoms with Crippen molar-refractivity contribution in [1.82, 2.24) is 15.5 Å². The van der Waals surface area contributed by atoms with Crippen LogP contribution in [-0.2, 0) is 11.2 Å². The van der Waals surface area contributed by atoms with Crippen LogP contribution >= 0.6 is 11.3 Å². The maximum absolute atomic E-state index is 12.2. The maximum Gasteiger partial charge on any atom is 0.251 e. The summed E-state index contributed by atoms with van der Waals surface area (Å²) in [5, 5.41) is 15.0. The number of nitrogens with zero attached hydrogens (tertiary/aromatic N) is 2. The molecule has 1 heterocycles. The molecule has 1 atom stereocenters. The molecule has 0 saturated heterocycles. The lowest BCUT2D eigenvalue weighted by Crippen LogP contribution is -2.27. The lowest BCUT2D eigenvalue weighted by Gasteiger charge is -2.08. The molecule has 2 N–H and O–H groups in total. The summed E-state index contributed by atoms with van der Waals surface area (Å²) < 4.78 is 5.11.